The van der Waals surface area contributed by atoms with Crippen LogP contribution in [-0.4, -0.2) is 26.2 Å². The molecule has 0 aliphatic heterocycles. The Morgan fingerprint density at radius 1 is 1.47 bits per heavy atom. The Bertz CT molecular complexity index is 575. The standard InChI is InChI=1S/C12H15N5O2/c1-7(11-13-6-19-17-11)14-12(18)10-8-4-2-3-5-9(8)15-16-10/h6-7H,2-5H2,1H3,(H,14,18)(H,15,16). The van der Waals surface area contributed by atoms with Crippen LogP contribution >= 0.6 is 0 Å². The quantitative estimate of drug-likeness (QED) is 0.864. The van der Waals surface area contributed by atoms with E-state index < -0.39 is 0 Å². The summed E-state index contributed by atoms with van der Waals surface area (Å²) in [7, 11) is 0. The maximum absolute atomic E-state index is 12.2. The molecule has 0 radical (unpaired) electrons. The van der Waals surface area contributed by atoms with Crippen molar-refractivity contribution in [1.29, 1.82) is 0 Å². The van der Waals surface area contributed by atoms with E-state index in [1.165, 1.54) is 6.39 Å². The SMILES string of the molecule is CC(NC(=O)c1n[nH]c2c1CCCC2)c1ncon1. The lowest BCUT2D eigenvalue weighted by Gasteiger charge is -2.12. The van der Waals surface area contributed by atoms with Gasteiger partial charge in [0, 0.05) is 11.3 Å². The molecule has 100 valence electrons. The van der Waals surface area contributed by atoms with Crippen molar-refractivity contribution in [2.24, 2.45) is 0 Å². The largest absolute Gasteiger partial charge is 0.343 e. The first-order chi connectivity index (χ1) is 9.25. The van der Waals surface area contributed by atoms with E-state index in [9.17, 15) is 4.79 Å². The fraction of sp³-hybridized carbons (Fsp3) is 0.500. The molecule has 0 fully saturated rings. The minimum atomic E-state index is -0.304. The highest BCUT2D eigenvalue weighted by molar-refractivity contribution is 5.94. The number of H-pyrrole nitrogens is 1. The highest BCUT2D eigenvalue weighted by atomic mass is 16.5. The first-order valence-electron chi connectivity index (χ1n) is 6.39. The number of nitrogens with zero attached hydrogens (tertiary/aromatic N) is 3. The predicted octanol–water partition coefficient (Wildman–Crippen LogP) is 1.16. The van der Waals surface area contributed by atoms with Crippen LogP contribution in [0, 0.1) is 0 Å². The fourth-order valence-electron chi connectivity index (χ4n) is 2.37. The number of aromatic amines is 1. The second-order valence-electron chi connectivity index (χ2n) is 4.72. The fourth-order valence-corrected chi connectivity index (χ4v) is 2.37. The van der Waals surface area contributed by atoms with Crippen LogP contribution in [-0.2, 0) is 12.8 Å². The van der Waals surface area contributed by atoms with Crippen molar-refractivity contribution >= 4 is 5.91 Å². The van der Waals surface area contributed by atoms with Crippen LogP contribution in [0.2, 0.25) is 0 Å². The maximum Gasteiger partial charge on any atom is 0.272 e. The molecule has 0 saturated heterocycles. The van der Waals surface area contributed by atoms with Crippen LogP contribution < -0.4 is 5.32 Å². The number of carbonyl (C=O) groups is 1. The van der Waals surface area contributed by atoms with Crippen LogP contribution in [0.3, 0.4) is 0 Å². The Balaban J connectivity index is 1.75. The number of carbonyl (C=O) groups excluding carboxylic acids is 1. The average Bonchev–Trinajstić information content (AvgIpc) is 3.08. The lowest BCUT2D eigenvalue weighted by Crippen LogP contribution is -2.28. The summed E-state index contributed by atoms with van der Waals surface area (Å²) < 4.78 is 4.66. The van der Waals surface area contributed by atoms with E-state index in [1.807, 2.05) is 6.92 Å². The van der Waals surface area contributed by atoms with Crippen LogP contribution in [0.15, 0.2) is 10.9 Å². The van der Waals surface area contributed by atoms with Gasteiger partial charge in [-0.1, -0.05) is 5.16 Å². The van der Waals surface area contributed by atoms with Crippen LogP contribution in [0.25, 0.3) is 0 Å². The zero-order valence-corrected chi connectivity index (χ0v) is 10.6. The van der Waals surface area contributed by atoms with E-state index in [0.717, 1.165) is 36.9 Å². The summed E-state index contributed by atoms with van der Waals surface area (Å²) in [6, 6.07) is -0.304. The summed E-state index contributed by atoms with van der Waals surface area (Å²) >= 11 is 0. The first-order valence-corrected chi connectivity index (χ1v) is 6.39. The van der Waals surface area contributed by atoms with Gasteiger partial charge in [0.2, 0.25) is 6.39 Å². The average molecular weight is 261 g/mol. The lowest BCUT2D eigenvalue weighted by atomic mass is 9.96. The number of aryl methyl sites for hydroxylation is 1. The van der Waals surface area contributed by atoms with Crippen molar-refractivity contribution in [1.82, 2.24) is 25.7 Å². The van der Waals surface area contributed by atoms with Crippen molar-refractivity contribution in [2.45, 2.75) is 38.6 Å². The minimum Gasteiger partial charge on any atom is -0.343 e. The molecule has 19 heavy (non-hydrogen) atoms. The molecule has 1 aliphatic carbocycles. The topological polar surface area (TPSA) is 96.7 Å². The molecule has 2 aromatic heterocycles. The molecular weight excluding hydrogens is 246 g/mol. The zero-order chi connectivity index (χ0) is 13.2. The molecule has 3 rings (SSSR count). The van der Waals surface area contributed by atoms with Crippen molar-refractivity contribution in [3.8, 4) is 0 Å². The van der Waals surface area contributed by atoms with Crippen molar-refractivity contribution < 1.29 is 9.32 Å². The third-order valence-corrected chi connectivity index (χ3v) is 3.38. The van der Waals surface area contributed by atoms with Gasteiger partial charge in [0.05, 0.1) is 6.04 Å². The third kappa shape index (κ3) is 2.23. The highest BCUT2D eigenvalue weighted by Gasteiger charge is 2.23. The molecule has 1 unspecified atom stereocenters. The summed E-state index contributed by atoms with van der Waals surface area (Å²) in [6.07, 6.45) is 5.37. The van der Waals surface area contributed by atoms with E-state index >= 15 is 0 Å². The molecule has 0 saturated carbocycles. The second kappa shape index (κ2) is 4.83. The summed E-state index contributed by atoms with van der Waals surface area (Å²) in [6.45, 7) is 1.81. The molecular formula is C12H15N5O2. The lowest BCUT2D eigenvalue weighted by molar-refractivity contribution is 0.0931. The molecule has 1 atom stereocenters. The van der Waals surface area contributed by atoms with Crippen molar-refractivity contribution in [3.63, 3.8) is 0 Å². The Morgan fingerprint density at radius 3 is 3.11 bits per heavy atom. The number of hydrogen-bond donors (Lipinski definition) is 2. The zero-order valence-electron chi connectivity index (χ0n) is 10.6. The summed E-state index contributed by atoms with van der Waals surface area (Å²) in [4.78, 5) is 16.1. The molecule has 1 amide bonds. The summed E-state index contributed by atoms with van der Waals surface area (Å²) in [5, 5.41) is 13.6. The predicted molar refractivity (Wildman–Crippen MR) is 65.4 cm³/mol. The number of hydrogen-bond acceptors (Lipinski definition) is 5. The Morgan fingerprint density at radius 2 is 2.32 bits per heavy atom. The van der Waals surface area contributed by atoms with Gasteiger partial charge in [-0.05, 0) is 32.6 Å². The van der Waals surface area contributed by atoms with Gasteiger partial charge in [-0.2, -0.15) is 10.1 Å². The summed E-state index contributed by atoms with van der Waals surface area (Å²) in [5.41, 5.74) is 2.62. The molecule has 7 heteroatoms. The second-order valence-corrected chi connectivity index (χ2v) is 4.72. The maximum atomic E-state index is 12.2. The normalized spacial score (nSPS) is 15.8. The molecule has 1 aliphatic rings. The minimum absolute atomic E-state index is 0.197. The van der Waals surface area contributed by atoms with Crippen LogP contribution in [0.4, 0.5) is 0 Å². The molecule has 0 aromatic carbocycles. The van der Waals surface area contributed by atoms with Crippen molar-refractivity contribution in [3.05, 3.63) is 29.2 Å². The van der Waals surface area contributed by atoms with Gasteiger partial charge in [-0.25, -0.2) is 0 Å². The van der Waals surface area contributed by atoms with Gasteiger partial charge in [0.15, 0.2) is 11.5 Å². The Hall–Kier alpha value is -2.18. The van der Waals surface area contributed by atoms with Gasteiger partial charge in [0.25, 0.3) is 5.91 Å². The van der Waals surface area contributed by atoms with E-state index in [2.05, 4.69) is 30.2 Å². The number of nitrogens with one attached hydrogen (secondary N) is 2. The van der Waals surface area contributed by atoms with Gasteiger partial charge in [0.1, 0.15) is 0 Å². The van der Waals surface area contributed by atoms with E-state index in [1.54, 1.807) is 0 Å². The number of aromatic nitrogens is 4. The van der Waals surface area contributed by atoms with Gasteiger partial charge >= 0.3 is 0 Å². The van der Waals surface area contributed by atoms with E-state index in [-0.39, 0.29) is 11.9 Å². The molecule has 2 aromatic rings. The van der Waals surface area contributed by atoms with Crippen LogP contribution in [0.1, 0.15) is 53.4 Å². The molecule has 2 N–H and O–H groups in total. The molecule has 0 bridgehead atoms. The summed E-state index contributed by atoms with van der Waals surface area (Å²) in [5.74, 6) is 0.259. The van der Waals surface area contributed by atoms with Crippen molar-refractivity contribution in [2.75, 3.05) is 0 Å². The third-order valence-electron chi connectivity index (χ3n) is 3.38. The first kappa shape index (κ1) is 11.9. The smallest absolute Gasteiger partial charge is 0.272 e. The molecule has 0 spiro atoms. The molecule has 7 nitrogen and oxygen atoms in total. The van der Waals surface area contributed by atoms with E-state index in [0.29, 0.717) is 11.5 Å². The Labute approximate surface area is 109 Å². The van der Waals surface area contributed by atoms with Crippen LogP contribution in [0.5, 0.6) is 0 Å². The number of rotatable bonds is 3. The van der Waals surface area contributed by atoms with Gasteiger partial charge in [-0.3, -0.25) is 9.89 Å². The van der Waals surface area contributed by atoms with Gasteiger partial charge in [-0.15, -0.1) is 0 Å². The van der Waals surface area contributed by atoms with Gasteiger partial charge < -0.3 is 9.84 Å². The highest BCUT2D eigenvalue weighted by Crippen LogP contribution is 2.22. The number of fused-ring (bicyclic) bond motifs is 1. The molecule has 2 heterocycles. The number of amides is 1. The monoisotopic (exact) mass is 261 g/mol. The Kier molecular flexibility index (Phi) is 3.02. The van der Waals surface area contributed by atoms with E-state index in [4.69, 9.17) is 0 Å².